The lowest BCUT2D eigenvalue weighted by Crippen LogP contribution is -2.28. The first-order chi connectivity index (χ1) is 8.13. The zero-order chi connectivity index (χ0) is 12.3. The highest BCUT2D eigenvalue weighted by molar-refractivity contribution is 5.69. The summed E-state index contributed by atoms with van der Waals surface area (Å²) in [6, 6.07) is 8.75. The summed E-state index contributed by atoms with van der Waals surface area (Å²) in [7, 11) is 0. The van der Waals surface area contributed by atoms with Gasteiger partial charge in [-0.3, -0.25) is 0 Å². The highest BCUT2D eigenvalue weighted by atomic mass is 16.6. The Kier molecular flexibility index (Phi) is 3.67. The number of nitrogens with one attached hydrogen (secondary N) is 1. The van der Waals surface area contributed by atoms with Gasteiger partial charge in [0.25, 0.3) is 0 Å². The zero-order valence-corrected chi connectivity index (χ0v) is 10.4. The summed E-state index contributed by atoms with van der Waals surface area (Å²) < 4.78 is 4.86. The number of carbonyl (C=O) groups is 1. The molecule has 1 amide bonds. The second-order valence-electron chi connectivity index (χ2n) is 5.06. The van der Waals surface area contributed by atoms with Crippen LogP contribution in [0.3, 0.4) is 0 Å². The first-order valence-electron chi connectivity index (χ1n) is 6.14. The first-order valence-corrected chi connectivity index (χ1v) is 6.14. The molecule has 1 N–H and O–H groups in total. The van der Waals surface area contributed by atoms with Gasteiger partial charge < -0.3 is 10.1 Å². The maximum atomic E-state index is 10.9. The van der Waals surface area contributed by atoms with E-state index in [0.29, 0.717) is 12.5 Å². The smallest absolute Gasteiger partial charge is 0.407 e. The monoisotopic (exact) mass is 233 g/mol. The predicted molar refractivity (Wildman–Crippen MR) is 67.0 cm³/mol. The maximum Gasteiger partial charge on any atom is 0.407 e. The number of carbonyl (C=O) groups excluding carboxylic acids is 1. The summed E-state index contributed by atoms with van der Waals surface area (Å²) in [5.41, 5.74) is 2.61. The Morgan fingerprint density at radius 3 is 2.47 bits per heavy atom. The van der Waals surface area contributed by atoms with Crippen molar-refractivity contribution in [1.82, 2.24) is 5.32 Å². The summed E-state index contributed by atoms with van der Waals surface area (Å²) in [6.45, 7) is 4.92. The molecule has 1 atom stereocenters. The highest BCUT2D eigenvalue weighted by Gasteiger charge is 2.21. The van der Waals surface area contributed by atoms with Crippen molar-refractivity contribution in [2.75, 3.05) is 6.61 Å². The third kappa shape index (κ3) is 3.48. The fourth-order valence-electron chi connectivity index (χ4n) is 2.10. The van der Waals surface area contributed by atoms with Crippen LogP contribution in [-0.4, -0.2) is 18.7 Å². The van der Waals surface area contributed by atoms with Crippen molar-refractivity contribution in [2.45, 2.75) is 32.7 Å². The Hall–Kier alpha value is -1.51. The molecule has 17 heavy (non-hydrogen) atoms. The SMILES string of the molecule is CC(C)Cc1ccc(CC2COC(=O)N2)cc1. The number of hydrogen-bond acceptors (Lipinski definition) is 2. The first kappa shape index (κ1) is 12.0. The van der Waals surface area contributed by atoms with Gasteiger partial charge in [0.15, 0.2) is 0 Å². The van der Waals surface area contributed by atoms with Crippen LogP contribution in [0.15, 0.2) is 24.3 Å². The Morgan fingerprint density at radius 2 is 1.94 bits per heavy atom. The molecule has 1 unspecified atom stereocenters. The van der Waals surface area contributed by atoms with Crippen LogP contribution in [0, 0.1) is 5.92 Å². The molecule has 3 nitrogen and oxygen atoms in total. The van der Waals surface area contributed by atoms with Crippen LogP contribution >= 0.6 is 0 Å². The van der Waals surface area contributed by atoms with Crippen LogP contribution < -0.4 is 5.32 Å². The Morgan fingerprint density at radius 1 is 1.29 bits per heavy atom. The van der Waals surface area contributed by atoms with Gasteiger partial charge in [-0.15, -0.1) is 0 Å². The Balaban J connectivity index is 1.91. The summed E-state index contributed by atoms with van der Waals surface area (Å²) >= 11 is 0. The molecule has 1 aromatic rings. The van der Waals surface area contributed by atoms with E-state index in [1.807, 2.05) is 0 Å². The molecule has 1 saturated heterocycles. The molecule has 0 aliphatic carbocycles. The largest absolute Gasteiger partial charge is 0.447 e. The molecule has 1 heterocycles. The summed E-state index contributed by atoms with van der Waals surface area (Å²) in [5.74, 6) is 0.684. The van der Waals surface area contributed by atoms with Crippen LogP contribution in [0.5, 0.6) is 0 Å². The number of benzene rings is 1. The van der Waals surface area contributed by atoms with Crippen molar-refractivity contribution in [3.63, 3.8) is 0 Å². The van der Waals surface area contributed by atoms with Gasteiger partial charge in [-0.2, -0.15) is 0 Å². The lowest BCUT2D eigenvalue weighted by molar-refractivity contribution is 0.177. The number of alkyl carbamates (subject to hydrolysis) is 1. The van der Waals surface area contributed by atoms with E-state index in [4.69, 9.17) is 4.74 Å². The molecule has 0 radical (unpaired) electrons. The molecule has 0 spiro atoms. The topological polar surface area (TPSA) is 38.3 Å². The molecule has 1 fully saturated rings. The van der Waals surface area contributed by atoms with E-state index in [-0.39, 0.29) is 12.1 Å². The van der Waals surface area contributed by atoms with E-state index in [0.717, 1.165) is 12.8 Å². The number of cyclic esters (lactones) is 1. The van der Waals surface area contributed by atoms with Gasteiger partial charge in [0, 0.05) is 0 Å². The third-order valence-electron chi connectivity index (χ3n) is 2.89. The van der Waals surface area contributed by atoms with Gasteiger partial charge in [-0.1, -0.05) is 38.1 Å². The van der Waals surface area contributed by atoms with Gasteiger partial charge in [0.2, 0.25) is 0 Å². The maximum absolute atomic E-state index is 10.9. The Bertz CT molecular complexity index is 384. The number of ether oxygens (including phenoxy) is 1. The number of rotatable bonds is 4. The van der Waals surface area contributed by atoms with Crippen molar-refractivity contribution < 1.29 is 9.53 Å². The minimum absolute atomic E-state index is 0.124. The van der Waals surface area contributed by atoms with Crippen molar-refractivity contribution in [2.24, 2.45) is 5.92 Å². The van der Waals surface area contributed by atoms with Gasteiger partial charge >= 0.3 is 6.09 Å². The molecule has 1 aromatic carbocycles. The molecule has 92 valence electrons. The van der Waals surface area contributed by atoms with Crippen LogP contribution in [0.1, 0.15) is 25.0 Å². The van der Waals surface area contributed by atoms with Crippen molar-refractivity contribution in [1.29, 1.82) is 0 Å². The standard InChI is InChI=1S/C14H19NO2/c1-10(2)7-11-3-5-12(6-4-11)8-13-9-17-14(16)15-13/h3-6,10,13H,7-9H2,1-2H3,(H,15,16). The molecule has 1 aliphatic rings. The number of amides is 1. The van der Waals surface area contributed by atoms with E-state index in [2.05, 4.69) is 43.4 Å². The molecule has 0 bridgehead atoms. The highest BCUT2D eigenvalue weighted by Crippen LogP contribution is 2.12. The fourth-order valence-corrected chi connectivity index (χ4v) is 2.10. The Labute approximate surface area is 102 Å². The zero-order valence-electron chi connectivity index (χ0n) is 10.4. The molecular weight excluding hydrogens is 214 g/mol. The molecule has 0 aromatic heterocycles. The third-order valence-corrected chi connectivity index (χ3v) is 2.89. The van der Waals surface area contributed by atoms with Gasteiger partial charge in [0.1, 0.15) is 6.61 Å². The second kappa shape index (κ2) is 5.21. The molecule has 3 heteroatoms. The minimum atomic E-state index is -0.300. The molecule has 1 aliphatic heterocycles. The van der Waals surface area contributed by atoms with E-state index >= 15 is 0 Å². The molecule has 2 rings (SSSR count). The molecule has 0 saturated carbocycles. The van der Waals surface area contributed by atoms with E-state index < -0.39 is 0 Å². The molecular formula is C14H19NO2. The predicted octanol–water partition coefficient (Wildman–Crippen LogP) is 2.54. The van der Waals surface area contributed by atoms with Crippen molar-refractivity contribution >= 4 is 6.09 Å². The second-order valence-corrected chi connectivity index (χ2v) is 5.06. The van der Waals surface area contributed by atoms with Crippen molar-refractivity contribution in [3.05, 3.63) is 35.4 Å². The fraction of sp³-hybridized carbons (Fsp3) is 0.500. The lowest BCUT2D eigenvalue weighted by atomic mass is 10.00. The lowest BCUT2D eigenvalue weighted by Gasteiger charge is -2.09. The summed E-state index contributed by atoms with van der Waals surface area (Å²) in [5, 5.41) is 2.79. The summed E-state index contributed by atoms with van der Waals surface area (Å²) in [4.78, 5) is 10.9. The van der Waals surface area contributed by atoms with Crippen LogP contribution in [-0.2, 0) is 17.6 Å². The van der Waals surface area contributed by atoms with Crippen molar-refractivity contribution in [3.8, 4) is 0 Å². The quantitative estimate of drug-likeness (QED) is 0.868. The van der Waals surface area contributed by atoms with E-state index in [1.54, 1.807) is 0 Å². The summed E-state index contributed by atoms with van der Waals surface area (Å²) in [6.07, 6.45) is 1.66. The van der Waals surface area contributed by atoms with Gasteiger partial charge in [-0.25, -0.2) is 4.79 Å². The van der Waals surface area contributed by atoms with Crippen LogP contribution in [0.4, 0.5) is 4.79 Å². The van der Waals surface area contributed by atoms with Crippen LogP contribution in [0.25, 0.3) is 0 Å². The van der Waals surface area contributed by atoms with Gasteiger partial charge in [-0.05, 0) is 29.9 Å². The van der Waals surface area contributed by atoms with E-state index in [1.165, 1.54) is 11.1 Å². The van der Waals surface area contributed by atoms with Gasteiger partial charge in [0.05, 0.1) is 6.04 Å². The minimum Gasteiger partial charge on any atom is -0.447 e. The van der Waals surface area contributed by atoms with E-state index in [9.17, 15) is 4.79 Å². The number of hydrogen-bond donors (Lipinski definition) is 1. The van der Waals surface area contributed by atoms with Crippen LogP contribution in [0.2, 0.25) is 0 Å². The normalized spacial score (nSPS) is 19.2. The average molecular weight is 233 g/mol. The average Bonchev–Trinajstić information content (AvgIpc) is 2.66.